The fraction of sp³-hybridized carbons (Fsp3) is 0.688. The molecule has 0 aliphatic heterocycles. The van der Waals surface area contributed by atoms with E-state index in [2.05, 4.69) is 38.2 Å². The fourth-order valence-corrected chi connectivity index (χ4v) is 6.79. The van der Waals surface area contributed by atoms with Gasteiger partial charge in [0.25, 0.3) is 0 Å². The number of Topliss-reactive ketones (excluding diaryl/α,β-unsaturated/α-hetero) is 2. The lowest BCUT2D eigenvalue weighted by Crippen LogP contribution is -2.62. The van der Waals surface area contributed by atoms with Crippen molar-refractivity contribution in [1.29, 1.82) is 0 Å². The SMILES string of the molecule is CCCCCCCC/C=C\CCCCCCCC(=O)C(O)C(O)(C(=O)C=Cc1ccccc1)C(O)C(=O)CCCCCCC/C=C\CCCCCCCC. The maximum atomic E-state index is 13.4. The van der Waals surface area contributed by atoms with E-state index in [1.165, 1.54) is 83.1 Å². The number of allylic oxidation sites excluding steroid dienone is 4. The molecule has 0 aliphatic carbocycles. The lowest BCUT2D eigenvalue weighted by molar-refractivity contribution is -0.178. The van der Waals surface area contributed by atoms with Crippen molar-refractivity contribution in [3.8, 4) is 0 Å². The van der Waals surface area contributed by atoms with E-state index in [9.17, 15) is 29.7 Å². The van der Waals surface area contributed by atoms with Gasteiger partial charge in [-0.25, -0.2) is 0 Å². The van der Waals surface area contributed by atoms with E-state index in [1.54, 1.807) is 24.3 Å². The maximum Gasteiger partial charge on any atom is 0.193 e. The van der Waals surface area contributed by atoms with Gasteiger partial charge in [-0.15, -0.1) is 0 Å². The predicted molar refractivity (Wildman–Crippen MR) is 226 cm³/mol. The minimum absolute atomic E-state index is 0.0491. The summed E-state index contributed by atoms with van der Waals surface area (Å²) in [6, 6.07) is 8.91. The van der Waals surface area contributed by atoms with Gasteiger partial charge < -0.3 is 15.3 Å². The number of benzene rings is 1. The Morgan fingerprint density at radius 3 is 1.22 bits per heavy atom. The topological polar surface area (TPSA) is 112 Å². The lowest BCUT2D eigenvalue weighted by atomic mass is 9.79. The number of unbranched alkanes of at least 4 members (excludes halogenated alkanes) is 22. The molecule has 2 atom stereocenters. The minimum Gasteiger partial charge on any atom is -0.382 e. The molecule has 0 radical (unpaired) electrons. The molecule has 54 heavy (non-hydrogen) atoms. The molecule has 0 bridgehead atoms. The van der Waals surface area contributed by atoms with Gasteiger partial charge in [-0.05, 0) is 75.8 Å². The summed E-state index contributed by atoms with van der Waals surface area (Å²) < 4.78 is 0. The average molecular weight is 751 g/mol. The number of ketones is 3. The highest BCUT2D eigenvalue weighted by molar-refractivity contribution is 6.08. The van der Waals surface area contributed by atoms with Crippen molar-refractivity contribution >= 4 is 23.4 Å². The molecular formula is C48H78O6. The minimum atomic E-state index is -2.96. The standard InChI is InChI=1S/C48H78O6/c1-3-5-7-9-11-13-15-17-19-21-23-25-27-29-34-38-43(49)46(52)48(54,45(51)41-40-42-36-32-31-33-37-42)47(53)44(50)39-35-30-28-26-24-22-20-18-16-14-12-10-8-6-4-2/h17-20,31-33,36-37,40-41,46-47,52-54H,3-16,21-30,34-35,38-39H2,1-2H3/b19-17-,20-18-,41-40?. The Morgan fingerprint density at radius 1 is 0.519 bits per heavy atom. The molecule has 0 fully saturated rings. The van der Waals surface area contributed by atoms with Crippen LogP contribution in [0.25, 0.3) is 6.08 Å². The third kappa shape index (κ3) is 23.3. The second kappa shape index (κ2) is 33.6. The third-order valence-electron chi connectivity index (χ3n) is 10.4. The molecule has 1 aromatic rings. The quantitative estimate of drug-likeness (QED) is 0.0355. The second-order valence-electron chi connectivity index (χ2n) is 15.3. The van der Waals surface area contributed by atoms with Crippen molar-refractivity contribution in [3.63, 3.8) is 0 Å². The summed E-state index contributed by atoms with van der Waals surface area (Å²) in [5, 5.41) is 33.7. The number of aliphatic hydroxyl groups is 3. The number of carbonyl (C=O) groups excluding carboxylic acids is 3. The van der Waals surface area contributed by atoms with E-state index in [-0.39, 0.29) is 12.8 Å². The fourth-order valence-electron chi connectivity index (χ4n) is 6.79. The highest BCUT2D eigenvalue weighted by atomic mass is 16.4. The molecule has 3 N–H and O–H groups in total. The van der Waals surface area contributed by atoms with E-state index < -0.39 is 35.2 Å². The monoisotopic (exact) mass is 751 g/mol. The van der Waals surface area contributed by atoms with E-state index in [1.807, 2.05) is 6.07 Å². The van der Waals surface area contributed by atoms with Crippen LogP contribution >= 0.6 is 0 Å². The molecule has 0 aliphatic rings. The lowest BCUT2D eigenvalue weighted by Gasteiger charge is -2.33. The summed E-state index contributed by atoms with van der Waals surface area (Å²) in [6.45, 7) is 4.48. The normalized spacial score (nSPS) is 14.2. The van der Waals surface area contributed by atoms with Crippen LogP contribution in [-0.2, 0) is 14.4 Å². The van der Waals surface area contributed by atoms with Crippen LogP contribution in [0.1, 0.15) is 199 Å². The second-order valence-corrected chi connectivity index (χ2v) is 15.3. The van der Waals surface area contributed by atoms with Gasteiger partial charge in [0.05, 0.1) is 0 Å². The maximum absolute atomic E-state index is 13.4. The van der Waals surface area contributed by atoms with Crippen LogP contribution in [0.3, 0.4) is 0 Å². The molecular weight excluding hydrogens is 673 g/mol. The van der Waals surface area contributed by atoms with Crippen LogP contribution in [0, 0.1) is 0 Å². The van der Waals surface area contributed by atoms with Crippen molar-refractivity contribution in [2.24, 2.45) is 0 Å². The first-order valence-corrected chi connectivity index (χ1v) is 22.0. The Kier molecular flexibility index (Phi) is 30.8. The summed E-state index contributed by atoms with van der Waals surface area (Å²) in [7, 11) is 0. The van der Waals surface area contributed by atoms with Crippen LogP contribution in [0.2, 0.25) is 0 Å². The molecule has 6 nitrogen and oxygen atoms in total. The van der Waals surface area contributed by atoms with Crippen molar-refractivity contribution in [2.45, 2.75) is 211 Å². The summed E-state index contributed by atoms with van der Waals surface area (Å²) in [5.41, 5.74) is -2.29. The van der Waals surface area contributed by atoms with Crippen molar-refractivity contribution < 1.29 is 29.7 Å². The first-order chi connectivity index (χ1) is 26.3. The number of aliphatic hydroxyl groups excluding tert-OH is 2. The number of carbonyl (C=O) groups is 3. The predicted octanol–water partition coefficient (Wildman–Crippen LogP) is 11.9. The molecule has 0 aromatic heterocycles. The zero-order valence-electron chi connectivity index (χ0n) is 34.4. The molecule has 0 amide bonds. The van der Waals surface area contributed by atoms with Gasteiger partial charge in [0, 0.05) is 12.8 Å². The smallest absolute Gasteiger partial charge is 0.193 e. The summed E-state index contributed by atoms with van der Waals surface area (Å²) in [6.07, 6.45) is 35.8. The average Bonchev–Trinajstić information content (AvgIpc) is 3.19. The zero-order chi connectivity index (χ0) is 39.5. The third-order valence-corrected chi connectivity index (χ3v) is 10.4. The van der Waals surface area contributed by atoms with Crippen LogP contribution in [-0.4, -0.2) is 50.5 Å². The Bertz CT molecular complexity index is 1110. The van der Waals surface area contributed by atoms with Crippen molar-refractivity contribution in [3.05, 3.63) is 66.3 Å². The van der Waals surface area contributed by atoms with Gasteiger partial charge in [0.1, 0.15) is 0 Å². The largest absolute Gasteiger partial charge is 0.382 e. The molecule has 1 rings (SSSR count). The molecule has 6 heteroatoms. The number of hydrogen-bond donors (Lipinski definition) is 3. The van der Waals surface area contributed by atoms with Gasteiger partial charge in [-0.2, -0.15) is 0 Å². The van der Waals surface area contributed by atoms with Crippen LogP contribution < -0.4 is 0 Å². The Balaban J connectivity index is 2.52. The van der Waals surface area contributed by atoms with E-state index in [4.69, 9.17) is 0 Å². The summed E-state index contributed by atoms with van der Waals surface area (Å²) >= 11 is 0. The van der Waals surface area contributed by atoms with E-state index in [0.717, 1.165) is 83.1 Å². The zero-order valence-corrected chi connectivity index (χ0v) is 34.4. The molecule has 2 unspecified atom stereocenters. The van der Waals surface area contributed by atoms with Crippen LogP contribution in [0.15, 0.2) is 60.7 Å². The molecule has 306 valence electrons. The van der Waals surface area contributed by atoms with E-state index in [0.29, 0.717) is 18.4 Å². The Labute approximate surface area is 330 Å². The van der Waals surface area contributed by atoms with E-state index >= 15 is 0 Å². The first-order valence-electron chi connectivity index (χ1n) is 22.0. The summed E-state index contributed by atoms with van der Waals surface area (Å²) in [5.74, 6) is -2.56. The Hall–Kier alpha value is -2.67. The van der Waals surface area contributed by atoms with Crippen LogP contribution in [0.5, 0.6) is 0 Å². The molecule has 1 aromatic carbocycles. The molecule has 0 heterocycles. The van der Waals surface area contributed by atoms with Gasteiger partial charge in [0.2, 0.25) is 0 Å². The Morgan fingerprint density at radius 2 is 0.852 bits per heavy atom. The first kappa shape index (κ1) is 49.3. The highest BCUT2D eigenvalue weighted by Crippen LogP contribution is 2.25. The molecule has 0 spiro atoms. The van der Waals surface area contributed by atoms with Gasteiger partial charge >= 0.3 is 0 Å². The number of rotatable bonds is 37. The number of hydrogen-bond acceptors (Lipinski definition) is 6. The molecule has 0 saturated carbocycles. The van der Waals surface area contributed by atoms with Gasteiger partial charge in [-0.1, -0.05) is 177 Å². The van der Waals surface area contributed by atoms with Crippen LogP contribution in [0.4, 0.5) is 0 Å². The highest BCUT2D eigenvalue weighted by Gasteiger charge is 2.53. The van der Waals surface area contributed by atoms with Gasteiger partial charge in [-0.3, -0.25) is 14.4 Å². The summed E-state index contributed by atoms with van der Waals surface area (Å²) in [4.78, 5) is 39.6. The molecule has 0 saturated heterocycles. The van der Waals surface area contributed by atoms with Crippen molar-refractivity contribution in [1.82, 2.24) is 0 Å². The van der Waals surface area contributed by atoms with Gasteiger partial charge in [0.15, 0.2) is 35.2 Å². The van der Waals surface area contributed by atoms with Crippen molar-refractivity contribution in [2.75, 3.05) is 0 Å².